The molecule has 12 heteroatoms. The lowest BCUT2D eigenvalue weighted by molar-refractivity contribution is -0.177. The van der Waals surface area contributed by atoms with Crippen LogP contribution in [0.2, 0.25) is 0 Å². The Labute approximate surface area is 367 Å². The number of morpholine rings is 1. The maximum Gasteiger partial charge on any atom is 0.324 e. The molecule has 2 amide bonds. The summed E-state index contributed by atoms with van der Waals surface area (Å²) in [5, 5.41) is 16.1. The molecule has 0 radical (unpaired) electrons. The number of esters is 1. The van der Waals surface area contributed by atoms with Crippen molar-refractivity contribution in [1.82, 2.24) is 9.88 Å². The molecule has 6 atom stereocenters. The number of amides is 2. The Kier molecular flexibility index (Phi) is 10.4. The van der Waals surface area contributed by atoms with E-state index in [-0.39, 0.29) is 13.2 Å². The third-order valence-electron chi connectivity index (χ3n) is 12.1. The minimum atomic E-state index is -1.73. The topological polar surface area (TPSA) is 139 Å². The molecule has 11 nitrogen and oxygen atoms in total. The number of fused-ring (bicyclic) bond motifs is 4. The Balaban J connectivity index is 1.22. The first-order valence-corrected chi connectivity index (χ1v) is 21.4. The van der Waals surface area contributed by atoms with E-state index in [0.717, 1.165) is 21.4 Å². The molecular weight excluding hydrogens is 813 g/mol. The van der Waals surface area contributed by atoms with Gasteiger partial charge in [0.05, 0.1) is 41.9 Å². The van der Waals surface area contributed by atoms with Crippen LogP contribution >= 0.6 is 11.3 Å². The lowest BCUT2D eigenvalue weighted by Crippen LogP contribution is -2.53. The number of nitrogens with one attached hydrogen (secondary N) is 2. The van der Waals surface area contributed by atoms with Crippen LogP contribution in [-0.2, 0) is 24.5 Å². The number of aromatic nitrogens is 1. The summed E-state index contributed by atoms with van der Waals surface area (Å²) < 4.78 is 18.5. The van der Waals surface area contributed by atoms with Gasteiger partial charge in [-0.2, -0.15) is 0 Å². The first-order chi connectivity index (χ1) is 30.9. The van der Waals surface area contributed by atoms with Crippen molar-refractivity contribution in [2.45, 2.75) is 29.6 Å². The number of hydrogen-bond acceptors (Lipinski definition) is 10. The number of hydrogen-bond donors (Lipinski definition) is 3. The molecule has 1 aromatic heterocycles. The van der Waals surface area contributed by atoms with Crippen molar-refractivity contribution >= 4 is 50.2 Å². The number of nitrogens with zero attached hydrogens (tertiary/aromatic N) is 2. The van der Waals surface area contributed by atoms with Crippen LogP contribution in [0.1, 0.15) is 51.6 Å². The molecule has 3 aliphatic rings. The van der Waals surface area contributed by atoms with Crippen molar-refractivity contribution in [1.29, 1.82) is 0 Å². The molecule has 3 N–H and O–H groups in total. The zero-order valence-corrected chi connectivity index (χ0v) is 34.8. The molecule has 4 heterocycles. The summed E-state index contributed by atoms with van der Waals surface area (Å²) in [6.45, 7) is -0.0808. The van der Waals surface area contributed by atoms with Crippen LogP contribution in [0.3, 0.4) is 0 Å². The average Bonchev–Trinajstić information content (AvgIpc) is 3.98. The second kappa shape index (κ2) is 16.5. The Bertz CT molecular complexity index is 2880. The van der Waals surface area contributed by atoms with Gasteiger partial charge in [-0.1, -0.05) is 108 Å². The van der Waals surface area contributed by atoms with E-state index in [1.807, 2.05) is 144 Å². The lowest BCUT2D eigenvalue weighted by atomic mass is 9.65. The highest BCUT2D eigenvalue weighted by molar-refractivity contribution is 7.22. The van der Waals surface area contributed by atoms with E-state index in [0.29, 0.717) is 44.5 Å². The minimum Gasteiger partial charge on any atom is -0.497 e. The number of rotatable bonds is 9. The number of cyclic esters (lactones) is 1. The molecule has 1 spiro atoms. The largest absolute Gasteiger partial charge is 0.497 e. The summed E-state index contributed by atoms with van der Waals surface area (Å²) in [4.78, 5) is 53.1. The number of thiazole rings is 1. The van der Waals surface area contributed by atoms with E-state index < -0.39 is 53.3 Å². The van der Waals surface area contributed by atoms with Crippen molar-refractivity contribution in [3.8, 4) is 23.3 Å². The average molecular weight is 853 g/mol. The zero-order valence-electron chi connectivity index (χ0n) is 33.9. The predicted molar refractivity (Wildman–Crippen MR) is 239 cm³/mol. The van der Waals surface area contributed by atoms with Gasteiger partial charge in [-0.25, -0.2) is 4.98 Å². The Morgan fingerprint density at radius 3 is 2.19 bits per heavy atom. The number of aliphatic hydroxyl groups excluding tert-OH is 1. The molecule has 312 valence electrons. The van der Waals surface area contributed by atoms with Crippen LogP contribution in [0.25, 0.3) is 10.2 Å². The Morgan fingerprint density at radius 2 is 1.48 bits per heavy atom. The number of carbonyl (C=O) groups excluding carboxylic acids is 3. The fourth-order valence-electron chi connectivity index (χ4n) is 9.51. The highest BCUT2D eigenvalue weighted by Gasteiger charge is 2.74. The molecular formula is C51H40N4O7S. The molecule has 0 bridgehead atoms. The normalized spacial score (nSPS) is 22.3. The summed E-state index contributed by atoms with van der Waals surface area (Å²) in [5.74, 6) is 4.74. The zero-order chi connectivity index (χ0) is 43.1. The molecule has 63 heavy (non-hydrogen) atoms. The second-order valence-electron chi connectivity index (χ2n) is 15.6. The van der Waals surface area contributed by atoms with Crippen molar-refractivity contribution in [3.05, 3.63) is 185 Å². The molecule has 0 aliphatic carbocycles. The molecule has 2 fully saturated rings. The van der Waals surface area contributed by atoms with Crippen molar-refractivity contribution in [2.24, 2.45) is 5.92 Å². The van der Waals surface area contributed by atoms with E-state index in [4.69, 9.17) is 19.2 Å². The number of para-hydroxylation sites is 1. The SMILES string of the molecule is COc1ccc(C#Cc2ccc3c(c2)C2(C(=O)N3)C(C(=O)Nc3nc4ccccc4s3)C3C(=O)OC(c4ccccc4)C(c4ccccc4)N3C2c2ccc(OCCO)cc2)cc1. The number of methoxy groups -OCH3 is 1. The van der Waals surface area contributed by atoms with Gasteiger partial charge in [0.25, 0.3) is 0 Å². The van der Waals surface area contributed by atoms with E-state index in [2.05, 4.69) is 22.5 Å². The van der Waals surface area contributed by atoms with Gasteiger partial charge in [0.15, 0.2) is 5.13 Å². The molecule has 2 saturated heterocycles. The molecule has 7 aromatic rings. The maximum absolute atomic E-state index is 15.6. The van der Waals surface area contributed by atoms with Gasteiger partial charge in [0.1, 0.15) is 35.7 Å². The Morgan fingerprint density at radius 1 is 0.810 bits per heavy atom. The fraction of sp³-hybridized carbons (Fsp3) is 0.176. The predicted octanol–water partition coefficient (Wildman–Crippen LogP) is 7.99. The van der Waals surface area contributed by atoms with Crippen LogP contribution in [0.15, 0.2) is 152 Å². The van der Waals surface area contributed by atoms with Crippen molar-refractivity contribution in [3.63, 3.8) is 0 Å². The van der Waals surface area contributed by atoms with E-state index in [1.165, 1.54) is 11.3 Å². The smallest absolute Gasteiger partial charge is 0.324 e. The van der Waals surface area contributed by atoms with Gasteiger partial charge in [-0.15, -0.1) is 0 Å². The van der Waals surface area contributed by atoms with Crippen LogP contribution in [0, 0.1) is 17.8 Å². The van der Waals surface area contributed by atoms with Gasteiger partial charge in [-0.3, -0.25) is 19.3 Å². The first-order valence-electron chi connectivity index (χ1n) is 20.6. The highest BCUT2D eigenvalue weighted by Crippen LogP contribution is 2.65. The molecule has 6 unspecified atom stereocenters. The molecule has 0 saturated carbocycles. The van der Waals surface area contributed by atoms with Gasteiger partial charge in [0.2, 0.25) is 11.8 Å². The minimum absolute atomic E-state index is 0.0890. The molecule has 10 rings (SSSR count). The summed E-state index contributed by atoms with van der Waals surface area (Å²) in [6.07, 6.45) is -0.819. The first kappa shape index (κ1) is 39.8. The van der Waals surface area contributed by atoms with E-state index in [9.17, 15) is 5.11 Å². The third-order valence-corrected chi connectivity index (χ3v) is 13.1. The third kappa shape index (κ3) is 6.96. The van der Waals surface area contributed by atoms with E-state index >= 15 is 14.4 Å². The standard InChI is InChI=1S/C51H40N4O7S/c1-60-36-23-18-31(19-24-36)16-17-32-20-27-39-38(30-32)51(49(59)52-39)42(47(57)54-50-53-40-14-8-9-15-41(40)63-50)44-48(58)62-45(34-12-6-3-7-13-34)43(33-10-4-2-5-11-33)55(44)46(51)35-21-25-37(26-22-35)61-29-28-56/h2-15,18-27,30,42-46,56H,28-29H2,1H3,(H,52,59)(H,53,54,57). The van der Waals surface area contributed by atoms with Gasteiger partial charge in [-0.05, 0) is 89.0 Å². The number of ether oxygens (including phenoxy) is 3. The van der Waals surface area contributed by atoms with Crippen molar-refractivity contribution < 1.29 is 33.7 Å². The summed E-state index contributed by atoms with van der Waals surface area (Å²) in [6, 6.07) is 44.2. The maximum atomic E-state index is 15.6. The van der Waals surface area contributed by atoms with Crippen LogP contribution in [0.4, 0.5) is 10.8 Å². The molecule has 3 aliphatic heterocycles. The second-order valence-corrected chi connectivity index (χ2v) is 16.6. The number of anilines is 2. The van der Waals surface area contributed by atoms with Gasteiger partial charge < -0.3 is 30.0 Å². The quantitative estimate of drug-likeness (QED) is 0.0975. The lowest BCUT2D eigenvalue weighted by Gasteiger charge is -2.46. The van der Waals surface area contributed by atoms with Crippen LogP contribution in [-0.4, -0.2) is 59.1 Å². The van der Waals surface area contributed by atoms with E-state index in [1.54, 1.807) is 19.2 Å². The van der Waals surface area contributed by atoms with Crippen LogP contribution < -0.4 is 20.1 Å². The highest BCUT2D eigenvalue weighted by atomic mass is 32.1. The molecule has 6 aromatic carbocycles. The Hall–Kier alpha value is -7.30. The monoisotopic (exact) mass is 852 g/mol. The van der Waals surface area contributed by atoms with Crippen molar-refractivity contribution in [2.75, 3.05) is 31.0 Å². The summed E-state index contributed by atoms with van der Waals surface area (Å²) >= 11 is 1.31. The number of benzene rings is 6. The van der Waals surface area contributed by atoms with Gasteiger partial charge >= 0.3 is 5.97 Å². The fourth-order valence-corrected chi connectivity index (χ4v) is 10.4. The van der Waals surface area contributed by atoms with Gasteiger partial charge in [0, 0.05) is 16.8 Å². The number of carbonyl (C=O) groups is 3. The van der Waals surface area contributed by atoms with Crippen LogP contribution in [0.5, 0.6) is 11.5 Å². The number of aliphatic hydroxyl groups is 1. The summed E-state index contributed by atoms with van der Waals surface area (Å²) in [7, 11) is 1.61. The summed E-state index contributed by atoms with van der Waals surface area (Å²) in [5.41, 5.74) is 3.61.